The van der Waals surface area contributed by atoms with Gasteiger partial charge in [0, 0.05) is 56.2 Å². The number of anilines is 1. The van der Waals surface area contributed by atoms with E-state index >= 15 is 0 Å². The fourth-order valence-corrected chi connectivity index (χ4v) is 4.23. The number of halogens is 1. The lowest BCUT2D eigenvalue weighted by Gasteiger charge is -2.36. The van der Waals surface area contributed by atoms with Crippen LogP contribution in [-0.2, 0) is 13.0 Å². The molecule has 1 N–H and O–H groups in total. The number of hydrogen-bond donors (Lipinski definition) is 1. The summed E-state index contributed by atoms with van der Waals surface area (Å²) in [6.45, 7) is 11.0. The Balaban J connectivity index is 0.00000289. The molecule has 0 bridgehead atoms. The predicted octanol–water partition coefficient (Wildman–Crippen LogP) is 3.97. The monoisotopic (exact) mass is 567 g/mol. The van der Waals surface area contributed by atoms with Gasteiger partial charge in [0.2, 0.25) is 11.0 Å². The molecule has 1 aliphatic heterocycles. The van der Waals surface area contributed by atoms with Gasteiger partial charge in [0.05, 0.1) is 6.20 Å². The zero-order chi connectivity index (χ0) is 21.6. The number of guanidine groups is 1. The molecule has 0 saturated carbocycles. The Bertz CT molecular complexity index is 1010. The molecule has 0 amide bonds. The summed E-state index contributed by atoms with van der Waals surface area (Å²) in [6, 6.07) is 8.24. The van der Waals surface area contributed by atoms with Gasteiger partial charge in [-0.2, -0.15) is 4.37 Å². The van der Waals surface area contributed by atoms with Crippen LogP contribution in [0.5, 0.6) is 0 Å². The third kappa shape index (κ3) is 5.97. The molecule has 8 nitrogen and oxygen atoms in total. The van der Waals surface area contributed by atoms with Crippen LogP contribution in [0.2, 0.25) is 0 Å². The van der Waals surface area contributed by atoms with Gasteiger partial charge >= 0.3 is 0 Å². The molecule has 0 atom stereocenters. The average molecular weight is 568 g/mol. The SMILES string of the molecule is CCNC(=NCc1ncc(-c2ccc(C)cc2)o1)N1CCN(c2nc(CC)ns2)CC1.I. The standard InChI is InChI=1S/C22H29N7OS.HI/c1-4-19-26-22(31-27-19)29-12-10-28(11-13-29)21(23-5-2)25-15-20-24-14-18(30-20)17-8-6-16(3)7-9-17;/h6-9,14H,4-5,10-13,15H2,1-3H3,(H,23,25);1H. The molecular formula is C22H30IN7OS. The molecule has 3 heterocycles. The minimum Gasteiger partial charge on any atom is -0.439 e. The molecule has 1 fully saturated rings. The Morgan fingerprint density at radius 2 is 1.91 bits per heavy atom. The van der Waals surface area contributed by atoms with E-state index in [0.29, 0.717) is 12.4 Å². The lowest BCUT2D eigenvalue weighted by Crippen LogP contribution is -2.52. The largest absolute Gasteiger partial charge is 0.439 e. The van der Waals surface area contributed by atoms with Gasteiger partial charge in [0.15, 0.2) is 11.7 Å². The van der Waals surface area contributed by atoms with E-state index in [1.165, 1.54) is 17.1 Å². The smallest absolute Gasteiger partial charge is 0.216 e. The van der Waals surface area contributed by atoms with Crippen molar-refractivity contribution < 1.29 is 4.42 Å². The Hall–Kier alpha value is -2.21. The summed E-state index contributed by atoms with van der Waals surface area (Å²) in [5.41, 5.74) is 2.25. The molecule has 1 saturated heterocycles. The third-order valence-corrected chi connectivity index (χ3v) is 6.03. The molecule has 0 aliphatic carbocycles. The van der Waals surface area contributed by atoms with Gasteiger partial charge in [-0.25, -0.2) is 15.0 Å². The topological polar surface area (TPSA) is 82.7 Å². The van der Waals surface area contributed by atoms with Crippen LogP contribution in [0, 0.1) is 6.92 Å². The van der Waals surface area contributed by atoms with Gasteiger partial charge in [-0.15, -0.1) is 24.0 Å². The Morgan fingerprint density at radius 3 is 2.56 bits per heavy atom. The maximum Gasteiger partial charge on any atom is 0.216 e. The second-order valence-electron chi connectivity index (χ2n) is 7.48. The van der Waals surface area contributed by atoms with Crippen molar-refractivity contribution in [1.82, 2.24) is 24.6 Å². The minimum atomic E-state index is 0. The van der Waals surface area contributed by atoms with Crippen molar-refractivity contribution in [3.63, 3.8) is 0 Å². The second kappa shape index (κ2) is 11.6. The van der Waals surface area contributed by atoms with E-state index in [0.717, 1.165) is 67.4 Å². The van der Waals surface area contributed by atoms with Crippen molar-refractivity contribution in [3.8, 4) is 11.3 Å². The maximum absolute atomic E-state index is 5.93. The Labute approximate surface area is 210 Å². The fourth-order valence-electron chi connectivity index (χ4n) is 3.43. The van der Waals surface area contributed by atoms with Crippen molar-refractivity contribution in [3.05, 3.63) is 47.7 Å². The number of oxazole rings is 1. The number of aliphatic imine (C=N–C) groups is 1. The van der Waals surface area contributed by atoms with Gasteiger partial charge in [0.25, 0.3) is 0 Å². The minimum absolute atomic E-state index is 0. The number of benzene rings is 1. The molecule has 1 aliphatic rings. The van der Waals surface area contributed by atoms with E-state index in [2.05, 4.69) is 62.4 Å². The molecule has 2 aromatic heterocycles. The predicted molar refractivity (Wildman–Crippen MR) is 140 cm³/mol. The highest BCUT2D eigenvalue weighted by molar-refractivity contribution is 14.0. The molecule has 10 heteroatoms. The summed E-state index contributed by atoms with van der Waals surface area (Å²) < 4.78 is 10.3. The molecule has 32 heavy (non-hydrogen) atoms. The van der Waals surface area contributed by atoms with Gasteiger partial charge in [0.1, 0.15) is 12.4 Å². The first-order valence-electron chi connectivity index (χ1n) is 10.8. The highest BCUT2D eigenvalue weighted by Gasteiger charge is 2.22. The lowest BCUT2D eigenvalue weighted by molar-refractivity contribution is 0.371. The van der Waals surface area contributed by atoms with Crippen LogP contribution in [-0.4, -0.2) is 57.9 Å². The summed E-state index contributed by atoms with van der Waals surface area (Å²) in [6.07, 6.45) is 2.65. The summed E-state index contributed by atoms with van der Waals surface area (Å²) in [7, 11) is 0. The van der Waals surface area contributed by atoms with Gasteiger partial charge in [-0.1, -0.05) is 36.8 Å². The van der Waals surface area contributed by atoms with E-state index in [4.69, 9.17) is 9.41 Å². The lowest BCUT2D eigenvalue weighted by atomic mass is 10.1. The number of piperazine rings is 1. The maximum atomic E-state index is 5.93. The number of hydrogen-bond acceptors (Lipinski definition) is 7. The number of aryl methyl sites for hydroxylation is 2. The Kier molecular flexibility index (Phi) is 8.85. The van der Waals surface area contributed by atoms with Crippen molar-refractivity contribution in [1.29, 1.82) is 0 Å². The first kappa shape index (κ1) is 24.4. The van der Waals surface area contributed by atoms with Gasteiger partial charge in [-0.3, -0.25) is 0 Å². The third-order valence-electron chi connectivity index (χ3n) is 5.21. The highest BCUT2D eigenvalue weighted by Crippen LogP contribution is 2.22. The first-order chi connectivity index (χ1) is 15.2. The van der Waals surface area contributed by atoms with E-state index in [1.807, 2.05) is 12.1 Å². The Morgan fingerprint density at radius 1 is 1.16 bits per heavy atom. The fraction of sp³-hybridized carbons (Fsp3) is 0.455. The molecule has 172 valence electrons. The summed E-state index contributed by atoms with van der Waals surface area (Å²) in [4.78, 5) is 18.4. The normalized spacial score (nSPS) is 14.4. The molecule has 0 spiro atoms. The average Bonchev–Trinajstić information content (AvgIpc) is 3.47. The van der Waals surface area contributed by atoms with Crippen molar-refractivity contribution in [2.75, 3.05) is 37.6 Å². The number of rotatable bonds is 6. The summed E-state index contributed by atoms with van der Waals surface area (Å²) >= 11 is 1.49. The second-order valence-corrected chi connectivity index (χ2v) is 8.21. The highest BCUT2D eigenvalue weighted by atomic mass is 127. The zero-order valence-electron chi connectivity index (χ0n) is 18.7. The molecule has 3 aromatic rings. The van der Waals surface area contributed by atoms with Crippen LogP contribution in [0.25, 0.3) is 11.3 Å². The van der Waals surface area contributed by atoms with Crippen LogP contribution in [0.4, 0.5) is 5.13 Å². The number of nitrogens with one attached hydrogen (secondary N) is 1. The van der Waals surface area contributed by atoms with E-state index in [-0.39, 0.29) is 24.0 Å². The van der Waals surface area contributed by atoms with E-state index < -0.39 is 0 Å². The summed E-state index contributed by atoms with van der Waals surface area (Å²) in [5.74, 6) is 3.20. The number of nitrogens with zero attached hydrogens (tertiary/aromatic N) is 6. The molecule has 0 unspecified atom stereocenters. The molecule has 4 rings (SSSR count). The number of aromatic nitrogens is 3. The van der Waals surface area contributed by atoms with Crippen molar-refractivity contribution in [2.24, 2.45) is 4.99 Å². The summed E-state index contributed by atoms with van der Waals surface area (Å²) in [5, 5.41) is 4.41. The molecule has 0 radical (unpaired) electrons. The molecular weight excluding hydrogens is 537 g/mol. The molecule has 1 aromatic carbocycles. The van der Waals surface area contributed by atoms with Gasteiger partial charge < -0.3 is 19.5 Å². The van der Waals surface area contributed by atoms with Crippen molar-refractivity contribution >= 4 is 46.6 Å². The van der Waals surface area contributed by atoms with Crippen molar-refractivity contribution in [2.45, 2.75) is 33.7 Å². The van der Waals surface area contributed by atoms with Crippen LogP contribution < -0.4 is 10.2 Å². The quantitative estimate of drug-likeness (QED) is 0.274. The van der Waals surface area contributed by atoms with Crippen LogP contribution >= 0.6 is 35.5 Å². The van der Waals surface area contributed by atoms with Crippen LogP contribution in [0.3, 0.4) is 0 Å². The van der Waals surface area contributed by atoms with Crippen LogP contribution in [0.1, 0.15) is 31.1 Å². The first-order valence-corrected chi connectivity index (χ1v) is 11.6. The van der Waals surface area contributed by atoms with E-state index in [9.17, 15) is 0 Å². The zero-order valence-corrected chi connectivity index (χ0v) is 21.9. The van der Waals surface area contributed by atoms with Crippen LogP contribution in [0.15, 0.2) is 39.9 Å². The van der Waals surface area contributed by atoms with E-state index in [1.54, 1.807) is 6.20 Å². The van der Waals surface area contributed by atoms with Gasteiger partial charge in [-0.05, 0) is 13.8 Å².